The summed E-state index contributed by atoms with van der Waals surface area (Å²) >= 11 is 0. The molecule has 1 aromatic carbocycles. The predicted molar refractivity (Wildman–Crippen MR) is 70.8 cm³/mol. The van der Waals surface area contributed by atoms with Crippen molar-refractivity contribution in [2.45, 2.75) is 6.92 Å². The summed E-state index contributed by atoms with van der Waals surface area (Å²) in [7, 11) is 0. The summed E-state index contributed by atoms with van der Waals surface area (Å²) in [6, 6.07) is 7.57. The largest absolute Gasteiger partial charge is 0.484 e. The first-order chi connectivity index (χ1) is 9.17. The van der Waals surface area contributed by atoms with Crippen LogP contribution in [0.25, 0.3) is 0 Å². The van der Waals surface area contributed by atoms with Crippen molar-refractivity contribution in [3.05, 3.63) is 29.8 Å². The lowest BCUT2D eigenvalue weighted by atomic mass is 10.0. The number of rotatable bonds is 6. The number of hydrogen-bond donors (Lipinski definition) is 1. The number of benzene rings is 1. The first-order valence-corrected chi connectivity index (χ1v) is 6.33. The normalized spacial score (nSPS) is 14.7. The molecule has 1 aromatic rings. The van der Waals surface area contributed by atoms with E-state index in [0.717, 1.165) is 25.1 Å². The van der Waals surface area contributed by atoms with Gasteiger partial charge in [-0.2, -0.15) is 0 Å². The number of ether oxygens (including phenoxy) is 1. The highest BCUT2D eigenvalue weighted by molar-refractivity contribution is 5.77. The molecule has 1 saturated heterocycles. The first-order valence-electron chi connectivity index (χ1n) is 6.33. The van der Waals surface area contributed by atoms with Crippen LogP contribution >= 0.6 is 0 Å². The molecule has 2 amide bonds. The van der Waals surface area contributed by atoms with Gasteiger partial charge in [0.25, 0.3) is 5.91 Å². The Morgan fingerprint density at radius 3 is 2.74 bits per heavy atom. The van der Waals surface area contributed by atoms with E-state index in [9.17, 15) is 9.59 Å². The van der Waals surface area contributed by atoms with Gasteiger partial charge in [-0.3, -0.25) is 9.59 Å². The van der Waals surface area contributed by atoms with Crippen LogP contribution in [-0.2, 0) is 9.59 Å². The van der Waals surface area contributed by atoms with Crippen LogP contribution in [0.2, 0.25) is 0 Å². The topological polar surface area (TPSA) is 58.6 Å². The molecule has 0 radical (unpaired) electrons. The Morgan fingerprint density at radius 1 is 1.42 bits per heavy atom. The summed E-state index contributed by atoms with van der Waals surface area (Å²) in [5, 5.41) is 2.80. The van der Waals surface area contributed by atoms with Crippen molar-refractivity contribution in [1.29, 1.82) is 0 Å². The fourth-order valence-corrected chi connectivity index (χ4v) is 1.92. The molecule has 1 heterocycles. The molecule has 0 aliphatic carbocycles. The summed E-state index contributed by atoms with van der Waals surface area (Å²) in [5.74, 6) is 0.926. The zero-order valence-corrected chi connectivity index (χ0v) is 11.0. The van der Waals surface area contributed by atoms with Crippen molar-refractivity contribution in [2.24, 2.45) is 5.92 Å². The molecule has 0 bridgehead atoms. The van der Waals surface area contributed by atoms with Crippen LogP contribution in [0.3, 0.4) is 0 Å². The minimum absolute atomic E-state index is 0.0210. The van der Waals surface area contributed by atoms with E-state index in [1.54, 1.807) is 4.90 Å². The molecular weight excluding hydrogens is 244 g/mol. The van der Waals surface area contributed by atoms with E-state index in [1.807, 2.05) is 31.2 Å². The van der Waals surface area contributed by atoms with Gasteiger partial charge in [-0.1, -0.05) is 17.7 Å². The zero-order chi connectivity index (χ0) is 13.7. The van der Waals surface area contributed by atoms with Crippen LogP contribution in [0.15, 0.2) is 24.3 Å². The lowest BCUT2D eigenvalue weighted by Crippen LogP contribution is -2.50. The summed E-state index contributed by atoms with van der Waals surface area (Å²) in [6.45, 7) is 4.07. The van der Waals surface area contributed by atoms with E-state index >= 15 is 0 Å². The molecule has 0 saturated carbocycles. The van der Waals surface area contributed by atoms with E-state index < -0.39 is 0 Å². The molecular formula is C14H18N2O3. The van der Waals surface area contributed by atoms with E-state index in [4.69, 9.17) is 4.74 Å². The number of aryl methyl sites for hydroxylation is 1. The van der Waals surface area contributed by atoms with Crippen molar-refractivity contribution in [1.82, 2.24) is 10.2 Å². The molecule has 5 heteroatoms. The van der Waals surface area contributed by atoms with Crippen molar-refractivity contribution < 1.29 is 14.3 Å². The number of hydrogen-bond acceptors (Lipinski definition) is 3. The third-order valence-corrected chi connectivity index (χ3v) is 3.11. The second-order valence-corrected chi connectivity index (χ2v) is 4.83. The lowest BCUT2D eigenvalue weighted by Gasteiger charge is -2.36. The van der Waals surface area contributed by atoms with Gasteiger partial charge in [0, 0.05) is 25.6 Å². The van der Waals surface area contributed by atoms with Crippen LogP contribution < -0.4 is 10.1 Å². The van der Waals surface area contributed by atoms with Gasteiger partial charge >= 0.3 is 0 Å². The molecule has 0 atom stereocenters. The SMILES string of the molecule is Cc1ccc(OCC(=O)NCC2CN(C=O)C2)cc1. The van der Waals surface area contributed by atoms with Crippen molar-refractivity contribution in [2.75, 3.05) is 26.2 Å². The molecule has 2 rings (SSSR count). The third-order valence-electron chi connectivity index (χ3n) is 3.11. The highest BCUT2D eigenvalue weighted by Crippen LogP contribution is 2.12. The highest BCUT2D eigenvalue weighted by Gasteiger charge is 2.25. The monoisotopic (exact) mass is 262 g/mol. The molecule has 1 aliphatic rings. The molecule has 0 unspecified atom stereocenters. The molecule has 0 aromatic heterocycles. The highest BCUT2D eigenvalue weighted by atomic mass is 16.5. The van der Waals surface area contributed by atoms with Crippen LogP contribution in [0.1, 0.15) is 5.56 Å². The summed E-state index contributed by atoms with van der Waals surface area (Å²) in [6.07, 6.45) is 0.832. The second kappa shape index (κ2) is 6.22. The second-order valence-electron chi connectivity index (χ2n) is 4.83. The molecule has 0 spiro atoms. The number of nitrogens with zero attached hydrogens (tertiary/aromatic N) is 1. The Balaban J connectivity index is 1.62. The molecule has 19 heavy (non-hydrogen) atoms. The van der Waals surface area contributed by atoms with E-state index in [1.165, 1.54) is 0 Å². The van der Waals surface area contributed by atoms with Gasteiger partial charge in [-0.15, -0.1) is 0 Å². The maximum absolute atomic E-state index is 11.6. The maximum Gasteiger partial charge on any atom is 0.257 e. The smallest absolute Gasteiger partial charge is 0.257 e. The predicted octanol–water partition coefficient (Wildman–Crippen LogP) is 0.578. The quantitative estimate of drug-likeness (QED) is 0.763. The number of carbonyl (C=O) groups excluding carboxylic acids is 2. The van der Waals surface area contributed by atoms with E-state index in [-0.39, 0.29) is 12.5 Å². The molecule has 5 nitrogen and oxygen atoms in total. The Labute approximate surface area is 112 Å². The molecule has 102 valence electrons. The van der Waals surface area contributed by atoms with Crippen LogP contribution in [0.4, 0.5) is 0 Å². The zero-order valence-electron chi connectivity index (χ0n) is 11.0. The third kappa shape index (κ3) is 3.98. The van der Waals surface area contributed by atoms with Crippen molar-refractivity contribution in [3.63, 3.8) is 0 Å². The summed E-state index contributed by atoms with van der Waals surface area (Å²) < 4.78 is 5.37. The molecule has 1 fully saturated rings. The summed E-state index contributed by atoms with van der Waals surface area (Å²) in [5.41, 5.74) is 1.15. The first kappa shape index (κ1) is 13.4. The van der Waals surface area contributed by atoms with Gasteiger partial charge < -0.3 is 15.0 Å². The van der Waals surface area contributed by atoms with Gasteiger partial charge in [0.1, 0.15) is 5.75 Å². The maximum atomic E-state index is 11.6. The number of carbonyl (C=O) groups is 2. The van der Waals surface area contributed by atoms with Crippen molar-refractivity contribution in [3.8, 4) is 5.75 Å². The Kier molecular flexibility index (Phi) is 4.39. The average Bonchev–Trinajstić information content (AvgIpc) is 2.36. The Bertz CT molecular complexity index is 439. The van der Waals surface area contributed by atoms with E-state index in [0.29, 0.717) is 18.2 Å². The van der Waals surface area contributed by atoms with Crippen LogP contribution in [-0.4, -0.2) is 43.5 Å². The van der Waals surface area contributed by atoms with Gasteiger partial charge in [0.15, 0.2) is 6.61 Å². The minimum Gasteiger partial charge on any atom is -0.484 e. The minimum atomic E-state index is -0.134. The molecule has 1 aliphatic heterocycles. The number of likely N-dealkylation sites (tertiary alicyclic amines) is 1. The molecule has 1 N–H and O–H groups in total. The van der Waals surface area contributed by atoms with E-state index in [2.05, 4.69) is 5.32 Å². The standard InChI is InChI=1S/C14H18N2O3/c1-11-2-4-13(5-3-11)19-9-14(18)15-6-12-7-16(8-12)10-17/h2-5,10,12H,6-9H2,1H3,(H,15,18). The van der Waals surface area contributed by atoms with Gasteiger partial charge in [-0.25, -0.2) is 0 Å². The van der Waals surface area contributed by atoms with Gasteiger partial charge in [-0.05, 0) is 19.1 Å². The Morgan fingerprint density at radius 2 is 2.11 bits per heavy atom. The van der Waals surface area contributed by atoms with Crippen molar-refractivity contribution >= 4 is 12.3 Å². The number of amides is 2. The Hall–Kier alpha value is -2.04. The van der Waals surface area contributed by atoms with Crippen LogP contribution in [0, 0.1) is 12.8 Å². The van der Waals surface area contributed by atoms with Gasteiger partial charge in [0.2, 0.25) is 6.41 Å². The fourth-order valence-electron chi connectivity index (χ4n) is 1.92. The fraction of sp³-hybridized carbons (Fsp3) is 0.429. The lowest BCUT2D eigenvalue weighted by molar-refractivity contribution is -0.125. The number of nitrogens with one attached hydrogen (secondary N) is 1. The van der Waals surface area contributed by atoms with Gasteiger partial charge in [0.05, 0.1) is 0 Å². The summed E-state index contributed by atoms with van der Waals surface area (Å²) in [4.78, 5) is 23.6. The van der Waals surface area contributed by atoms with Crippen LogP contribution in [0.5, 0.6) is 5.75 Å². The average molecular weight is 262 g/mol.